The van der Waals surface area contributed by atoms with E-state index in [2.05, 4.69) is 20.9 Å². The van der Waals surface area contributed by atoms with Crippen molar-refractivity contribution >= 4 is 29.7 Å². The molecule has 15 nitrogen and oxygen atoms in total. The third-order valence-corrected chi connectivity index (χ3v) is 4.92. The summed E-state index contributed by atoms with van der Waals surface area (Å²) in [6.07, 6.45) is 0.101. The smallest absolute Gasteiger partial charge is 0.326 e. The fourth-order valence-corrected chi connectivity index (χ4v) is 2.94. The summed E-state index contributed by atoms with van der Waals surface area (Å²) in [4.78, 5) is 53.0. The van der Waals surface area contributed by atoms with Gasteiger partial charge in [0.1, 0.15) is 29.9 Å². The van der Waals surface area contributed by atoms with Crippen LogP contribution in [0.2, 0.25) is 0 Å². The quantitative estimate of drug-likeness (QED) is 0.0612. The number of rotatable bonds is 15. The Labute approximate surface area is 206 Å². The molecule has 0 spiro atoms. The first-order chi connectivity index (χ1) is 17.0. The maximum absolute atomic E-state index is 12.9. The number of phenolic OH excluding ortho intramolecular Hbond substituents is 1. The van der Waals surface area contributed by atoms with E-state index < -0.39 is 61.1 Å². The van der Waals surface area contributed by atoms with Crippen molar-refractivity contribution in [2.75, 3.05) is 19.8 Å². The monoisotopic (exact) mass is 511 g/mol. The van der Waals surface area contributed by atoms with Gasteiger partial charge in [-0.3, -0.25) is 19.4 Å². The number of carboxylic acid groups (broad SMARTS) is 1. The van der Waals surface area contributed by atoms with Crippen LogP contribution >= 0.6 is 0 Å². The van der Waals surface area contributed by atoms with Gasteiger partial charge in [-0.1, -0.05) is 12.1 Å². The Morgan fingerprint density at radius 1 is 0.861 bits per heavy atom. The lowest BCUT2D eigenvalue weighted by Gasteiger charge is -2.24. The predicted octanol–water partition coefficient (Wildman–Crippen LogP) is -4.16. The zero-order valence-corrected chi connectivity index (χ0v) is 19.5. The molecule has 0 aliphatic carbocycles. The fourth-order valence-electron chi connectivity index (χ4n) is 2.94. The second-order valence-corrected chi connectivity index (χ2v) is 7.81. The molecule has 0 aromatic heterocycles. The molecule has 200 valence electrons. The lowest BCUT2D eigenvalue weighted by atomic mass is 10.0. The Balaban J connectivity index is 2.98. The molecule has 0 aliphatic heterocycles. The van der Waals surface area contributed by atoms with E-state index in [-0.39, 0.29) is 37.5 Å². The van der Waals surface area contributed by atoms with Crippen LogP contribution in [0.15, 0.2) is 29.3 Å². The van der Waals surface area contributed by atoms with Crippen molar-refractivity contribution in [3.8, 4) is 5.75 Å². The van der Waals surface area contributed by atoms with Crippen LogP contribution in [0, 0.1) is 0 Å². The zero-order valence-electron chi connectivity index (χ0n) is 19.5. The number of hydrogen-bond acceptors (Lipinski definition) is 9. The number of carbonyl (C=O) groups excluding carboxylic acids is 3. The summed E-state index contributed by atoms with van der Waals surface area (Å²) in [5.74, 6) is -4.20. The van der Waals surface area contributed by atoms with Crippen molar-refractivity contribution in [1.29, 1.82) is 0 Å². The molecule has 0 aliphatic rings. The number of aromatic hydroxyl groups is 1. The number of hydrogen-bond donors (Lipinski definition) is 10. The van der Waals surface area contributed by atoms with Crippen LogP contribution < -0.4 is 33.2 Å². The number of carbonyl (C=O) groups is 4. The standard InChI is InChI=1S/C21H33N7O8/c22-13(9-29)17(32)28-16(10-30)19(34)26-14(2-1-7-25-21(23)24)18(33)27-15(20(35)36)8-11-3-5-12(31)6-4-11/h3-6,13-16,29-31H,1-2,7-10,22H2,(H,26,34)(H,27,33)(H,28,32)(H,35,36)(H4,23,24,25). The highest BCUT2D eigenvalue weighted by Crippen LogP contribution is 2.12. The lowest BCUT2D eigenvalue weighted by molar-refractivity contribution is -0.142. The van der Waals surface area contributed by atoms with E-state index in [9.17, 15) is 34.5 Å². The summed E-state index contributed by atoms with van der Waals surface area (Å²) in [5.41, 5.74) is 16.5. The maximum atomic E-state index is 12.9. The highest BCUT2D eigenvalue weighted by Gasteiger charge is 2.30. The predicted molar refractivity (Wildman–Crippen MR) is 127 cm³/mol. The number of carboxylic acids is 1. The van der Waals surface area contributed by atoms with Crippen molar-refractivity contribution in [1.82, 2.24) is 16.0 Å². The molecule has 0 saturated heterocycles. The topological polar surface area (TPSA) is 276 Å². The number of nitrogens with zero attached hydrogens (tertiary/aromatic N) is 1. The third-order valence-electron chi connectivity index (χ3n) is 4.92. The first-order valence-electron chi connectivity index (χ1n) is 10.9. The second kappa shape index (κ2) is 15.1. The number of amides is 3. The Bertz CT molecular complexity index is 921. The maximum Gasteiger partial charge on any atom is 0.326 e. The molecular formula is C21H33N7O8. The van der Waals surface area contributed by atoms with Gasteiger partial charge in [0.15, 0.2) is 5.96 Å². The van der Waals surface area contributed by atoms with E-state index in [4.69, 9.17) is 22.3 Å². The van der Waals surface area contributed by atoms with Gasteiger partial charge >= 0.3 is 5.97 Å². The van der Waals surface area contributed by atoms with Gasteiger partial charge in [-0.25, -0.2) is 4.79 Å². The number of benzene rings is 1. The highest BCUT2D eigenvalue weighted by molar-refractivity contribution is 5.94. The van der Waals surface area contributed by atoms with Gasteiger partial charge in [0.05, 0.1) is 13.2 Å². The lowest BCUT2D eigenvalue weighted by Crippen LogP contribution is -2.58. The summed E-state index contributed by atoms with van der Waals surface area (Å²) in [6, 6.07) is 0.275. The molecule has 15 heteroatoms. The van der Waals surface area contributed by atoms with Gasteiger partial charge in [-0.2, -0.15) is 0 Å². The molecule has 0 fully saturated rings. The zero-order chi connectivity index (χ0) is 27.3. The highest BCUT2D eigenvalue weighted by atomic mass is 16.4. The van der Waals surface area contributed by atoms with Crippen molar-refractivity contribution in [3.63, 3.8) is 0 Å². The minimum absolute atomic E-state index is 0.0105. The first kappa shape index (κ1) is 30.1. The molecule has 0 radical (unpaired) electrons. The van der Waals surface area contributed by atoms with Gasteiger partial charge in [0.2, 0.25) is 17.7 Å². The Morgan fingerprint density at radius 2 is 1.42 bits per heavy atom. The van der Waals surface area contributed by atoms with Gasteiger partial charge < -0.3 is 53.6 Å². The van der Waals surface area contributed by atoms with E-state index in [0.29, 0.717) is 5.56 Å². The number of aliphatic hydroxyl groups excluding tert-OH is 2. The molecule has 1 aromatic rings. The first-order valence-corrected chi connectivity index (χ1v) is 10.9. The van der Waals surface area contributed by atoms with Crippen LogP contribution in [-0.4, -0.2) is 94.0 Å². The molecule has 4 unspecified atom stereocenters. The number of aliphatic imine (C=N–C) groups is 1. The number of guanidine groups is 1. The average Bonchev–Trinajstić information content (AvgIpc) is 2.83. The van der Waals surface area contributed by atoms with Crippen LogP contribution in [0.1, 0.15) is 18.4 Å². The van der Waals surface area contributed by atoms with Crippen molar-refractivity contribution < 1.29 is 39.6 Å². The van der Waals surface area contributed by atoms with Gasteiger partial charge in [0.25, 0.3) is 0 Å². The fraction of sp³-hybridized carbons (Fsp3) is 0.476. The summed E-state index contributed by atoms with van der Waals surface area (Å²) in [5, 5.41) is 44.3. The van der Waals surface area contributed by atoms with Crippen LogP contribution in [0.4, 0.5) is 0 Å². The summed E-state index contributed by atoms with van der Waals surface area (Å²) < 4.78 is 0. The molecule has 0 saturated carbocycles. The Kier molecular flexibility index (Phi) is 12.6. The summed E-state index contributed by atoms with van der Waals surface area (Å²) >= 11 is 0. The van der Waals surface area contributed by atoms with Gasteiger partial charge in [-0.05, 0) is 30.5 Å². The van der Waals surface area contributed by atoms with E-state index in [1.54, 1.807) is 0 Å². The van der Waals surface area contributed by atoms with Crippen LogP contribution in [-0.2, 0) is 25.6 Å². The second-order valence-electron chi connectivity index (χ2n) is 7.81. The largest absolute Gasteiger partial charge is 0.508 e. The van der Waals surface area contributed by atoms with Crippen LogP contribution in [0.3, 0.4) is 0 Å². The van der Waals surface area contributed by atoms with E-state index >= 15 is 0 Å². The van der Waals surface area contributed by atoms with Gasteiger partial charge in [-0.15, -0.1) is 0 Å². The molecule has 0 bridgehead atoms. The SMILES string of the molecule is NC(N)=NCCCC(NC(=O)C(CO)NC(=O)C(N)CO)C(=O)NC(Cc1ccc(O)cc1)C(=O)O. The number of nitrogens with one attached hydrogen (secondary N) is 3. The van der Waals surface area contributed by atoms with Crippen LogP contribution in [0.5, 0.6) is 5.75 Å². The number of phenols is 1. The number of aliphatic hydroxyl groups is 2. The number of aliphatic carboxylic acids is 1. The van der Waals surface area contributed by atoms with Crippen molar-refractivity contribution in [3.05, 3.63) is 29.8 Å². The van der Waals surface area contributed by atoms with E-state index in [1.807, 2.05) is 0 Å². The van der Waals surface area contributed by atoms with Crippen LogP contribution in [0.25, 0.3) is 0 Å². The number of nitrogens with two attached hydrogens (primary N) is 3. The Morgan fingerprint density at radius 3 is 1.94 bits per heavy atom. The molecule has 3 amide bonds. The average molecular weight is 512 g/mol. The van der Waals surface area contributed by atoms with E-state index in [1.165, 1.54) is 24.3 Å². The van der Waals surface area contributed by atoms with Gasteiger partial charge in [0, 0.05) is 13.0 Å². The minimum atomic E-state index is -1.49. The molecular weight excluding hydrogens is 478 g/mol. The van der Waals surface area contributed by atoms with Crippen molar-refractivity contribution in [2.24, 2.45) is 22.2 Å². The molecule has 0 heterocycles. The van der Waals surface area contributed by atoms with E-state index in [0.717, 1.165) is 0 Å². The molecule has 13 N–H and O–H groups in total. The summed E-state index contributed by atoms with van der Waals surface area (Å²) in [6.45, 7) is -1.42. The third kappa shape index (κ3) is 10.5. The normalized spacial score (nSPS) is 14.0. The summed E-state index contributed by atoms with van der Waals surface area (Å²) in [7, 11) is 0. The molecule has 1 rings (SSSR count). The molecule has 4 atom stereocenters. The minimum Gasteiger partial charge on any atom is -0.508 e. The molecule has 1 aromatic carbocycles. The molecule has 36 heavy (non-hydrogen) atoms. The Hall–Kier alpha value is -3.95. The van der Waals surface area contributed by atoms with Crippen molar-refractivity contribution in [2.45, 2.75) is 43.4 Å².